The molecule has 7 heteroatoms. The number of hydrogen-bond donors (Lipinski definition) is 1. The predicted octanol–water partition coefficient (Wildman–Crippen LogP) is -0.713. The number of rotatable bonds is 2. The molecular formula is C7H9N3O3S. The average molecular weight is 215 g/mol. The summed E-state index contributed by atoms with van der Waals surface area (Å²) in [7, 11) is -3.55. The van der Waals surface area contributed by atoms with Gasteiger partial charge in [0.1, 0.15) is 5.82 Å². The number of amides is 1. The van der Waals surface area contributed by atoms with E-state index in [0.717, 1.165) is 12.5 Å². The van der Waals surface area contributed by atoms with Crippen LogP contribution in [0.5, 0.6) is 0 Å². The number of carbonyl (C=O) groups excluding carboxylic acids is 1. The molecule has 0 saturated carbocycles. The molecule has 0 aliphatic carbocycles. The van der Waals surface area contributed by atoms with Crippen molar-refractivity contribution in [1.29, 1.82) is 0 Å². The Morgan fingerprint density at radius 2 is 2.07 bits per heavy atom. The number of primary amides is 1. The van der Waals surface area contributed by atoms with Crippen molar-refractivity contribution < 1.29 is 13.2 Å². The van der Waals surface area contributed by atoms with E-state index in [1.165, 1.54) is 6.92 Å². The molecule has 14 heavy (non-hydrogen) atoms. The third kappa shape index (κ3) is 2.05. The van der Waals surface area contributed by atoms with Gasteiger partial charge in [0.25, 0.3) is 5.91 Å². The van der Waals surface area contributed by atoms with Crippen molar-refractivity contribution in [2.24, 2.45) is 5.73 Å². The summed E-state index contributed by atoms with van der Waals surface area (Å²) in [5.74, 6) is -0.583. The molecule has 0 spiro atoms. The summed E-state index contributed by atoms with van der Waals surface area (Å²) >= 11 is 0. The van der Waals surface area contributed by atoms with Gasteiger partial charge in [-0.3, -0.25) is 4.79 Å². The van der Waals surface area contributed by atoms with Crippen LogP contribution in [0, 0.1) is 6.92 Å². The monoisotopic (exact) mass is 215 g/mol. The zero-order valence-electron chi connectivity index (χ0n) is 7.68. The van der Waals surface area contributed by atoms with Crippen LogP contribution < -0.4 is 5.73 Å². The van der Waals surface area contributed by atoms with Gasteiger partial charge in [-0.1, -0.05) is 0 Å². The molecule has 0 saturated heterocycles. The molecule has 0 bridgehead atoms. The lowest BCUT2D eigenvalue weighted by molar-refractivity contribution is 0.0996. The highest BCUT2D eigenvalue weighted by atomic mass is 32.2. The second-order valence-electron chi connectivity index (χ2n) is 2.77. The van der Waals surface area contributed by atoms with E-state index in [-0.39, 0.29) is 16.4 Å². The Bertz CT molecular complexity index is 481. The Kier molecular flexibility index (Phi) is 2.52. The summed E-state index contributed by atoms with van der Waals surface area (Å²) in [5.41, 5.74) is 4.80. The Balaban J connectivity index is 3.54. The van der Waals surface area contributed by atoms with Crippen LogP contribution in [0.3, 0.4) is 0 Å². The van der Waals surface area contributed by atoms with Gasteiger partial charge in [0.2, 0.25) is 0 Å². The normalized spacial score (nSPS) is 11.3. The highest BCUT2D eigenvalue weighted by Crippen LogP contribution is 2.10. The van der Waals surface area contributed by atoms with Crippen LogP contribution >= 0.6 is 0 Å². The minimum Gasteiger partial charge on any atom is -0.365 e. The van der Waals surface area contributed by atoms with Crippen molar-refractivity contribution in [2.75, 3.05) is 6.26 Å². The first-order chi connectivity index (χ1) is 6.32. The van der Waals surface area contributed by atoms with E-state index >= 15 is 0 Å². The van der Waals surface area contributed by atoms with Crippen LogP contribution in [-0.4, -0.2) is 30.5 Å². The van der Waals surface area contributed by atoms with Crippen molar-refractivity contribution in [1.82, 2.24) is 9.97 Å². The topological polar surface area (TPSA) is 103 Å². The Morgan fingerprint density at radius 3 is 2.50 bits per heavy atom. The average Bonchev–Trinajstić information content (AvgIpc) is 2.01. The molecule has 0 aromatic carbocycles. The molecule has 1 rings (SSSR count). The van der Waals surface area contributed by atoms with E-state index in [1.54, 1.807) is 0 Å². The van der Waals surface area contributed by atoms with Crippen LogP contribution in [0.2, 0.25) is 0 Å². The van der Waals surface area contributed by atoms with Gasteiger partial charge in [0.15, 0.2) is 14.9 Å². The molecular weight excluding hydrogens is 206 g/mol. The summed E-state index contributed by atoms with van der Waals surface area (Å²) in [6.45, 7) is 1.53. The third-order valence-electron chi connectivity index (χ3n) is 1.49. The largest absolute Gasteiger partial charge is 0.365 e. The maximum atomic E-state index is 11.2. The SMILES string of the molecule is Cc1ncc(C(N)=O)c(S(C)(=O)=O)n1. The lowest BCUT2D eigenvalue weighted by atomic mass is 10.3. The molecule has 76 valence electrons. The molecule has 0 radical (unpaired) electrons. The van der Waals surface area contributed by atoms with Gasteiger partial charge in [0.05, 0.1) is 5.56 Å². The minimum atomic E-state index is -3.55. The molecule has 0 unspecified atom stereocenters. The molecule has 2 N–H and O–H groups in total. The predicted molar refractivity (Wildman–Crippen MR) is 48.4 cm³/mol. The van der Waals surface area contributed by atoms with Gasteiger partial charge < -0.3 is 5.73 Å². The molecule has 6 nitrogen and oxygen atoms in total. The summed E-state index contributed by atoms with van der Waals surface area (Å²) < 4.78 is 22.4. The van der Waals surface area contributed by atoms with Gasteiger partial charge in [0, 0.05) is 12.5 Å². The second kappa shape index (κ2) is 3.33. The number of aromatic nitrogens is 2. The van der Waals surface area contributed by atoms with E-state index in [2.05, 4.69) is 9.97 Å². The molecule has 0 atom stereocenters. The van der Waals surface area contributed by atoms with Crippen LogP contribution in [0.1, 0.15) is 16.2 Å². The van der Waals surface area contributed by atoms with Crippen molar-refractivity contribution in [3.05, 3.63) is 17.6 Å². The van der Waals surface area contributed by atoms with Crippen molar-refractivity contribution in [3.8, 4) is 0 Å². The number of nitrogens with two attached hydrogens (primary N) is 1. The number of hydrogen-bond acceptors (Lipinski definition) is 5. The van der Waals surface area contributed by atoms with Crippen molar-refractivity contribution in [2.45, 2.75) is 11.9 Å². The van der Waals surface area contributed by atoms with E-state index in [0.29, 0.717) is 0 Å². The van der Waals surface area contributed by atoms with Gasteiger partial charge in [-0.25, -0.2) is 18.4 Å². The first kappa shape index (κ1) is 10.6. The van der Waals surface area contributed by atoms with Crippen LogP contribution in [0.4, 0.5) is 0 Å². The highest BCUT2D eigenvalue weighted by Gasteiger charge is 2.19. The molecule has 0 aliphatic rings. The maximum absolute atomic E-state index is 11.2. The first-order valence-corrected chi connectivity index (χ1v) is 5.55. The standard InChI is InChI=1S/C7H9N3O3S/c1-4-9-3-5(6(8)11)7(10-4)14(2,12)13/h3H,1-2H3,(H2,8,11). The Hall–Kier alpha value is -1.50. The fraction of sp³-hybridized carbons (Fsp3) is 0.286. The second-order valence-corrected chi connectivity index (χ2v) is 4.70. The van der Waals surface area contributed by atoms with Crippen LogP contribution in [0.15, 0.2) is 11.2 Å². The number of aryl methyl sites for hydroxylation is 1. The van der Waals surface area contributed by atoms with E-state index in [4.69, 9.17) is 5.73 Å². The Morgan fingerprint density at radius 1 is 1.50 bits per heavy atom. The van der Waals surface area contributed by atoms with Gasteiger partial charge in [-0.2, -0.15) is 0 Å². The van der Waals surface area contributed by atoms with E-state index < -0.39 is 15.7 Å². The maximum Gasteiger partial charge on any atom is 0.253 e. The minimum absolute atomic E-state index is 0.182. The van der Waals surface area contributed by atoms with Crippen LogP contribution in [-0.2, 0) is 9.84 Å². The lowest BCUT2D eigenvalue weighted by Gasteiger charge is -2.03. The molecule has 0 fully saturated rings. The van der Waals surface area contributed by atoms with E-state index in [9.17, 15) is 13.2 Å². The van der Waals surface area contributed by atoms with Gasteiger partial charge >= 0.3 is 0 Å². The first-order valence-electron chi connectivity index (χ1n) is 3.66. The highest BCUT2D eigenvalue weighted by molar-refractivity contribution is 7.90. The van der Waals surface area contributed by atoms with Gasteiger partial charge in [-0.05, 0) is 6.92 Å². The molecule has 1 aromatic rings. The molecule has 1 amide bonds. The summed E-state index contributed by atoms with van der Waals surface area (Å²) in [6, 6.07) is 0. The van der Waals surface area contributed by atoms with Gasteiger partial charge in [-0.15, -0.1) is 0 Å². The zero-order valence-corrected chi connectivity index (χ0v) is 8.50. The van der Waals surface area contributed by atoms with Crippen molar-refractivity contribution in [3.63, 3.8) is 0 Å². The fourth-order valence-corrected chi connectivity index (χ4v) is 1.75. The number of sulfone groups is 1. The number of carbonyl (C=O) groups is 1. The van der Waals surface area contributed by atoms with Crippen molar-refractivity contribution >= 4 is 15.7 Å². The quantitative estimate of drug-likeness (QED) is 0.656. The lowest BCUT2D eigenvalue weighted by Crippen LogP contribution is -2.18. The fourth-order valence-electron chi connectivity index (χ4n) is 0.901. The van der Waals surface area contributed by atoms with E-state index in [1.807, 2.05) is 0 Å². The summed E-state index contributed by atoms with van der Waals surface area (Å²) in [6.07, 6.45) is 2.07. The third-order valence-corrected chi connectivity index (χ3v) is 2.50. The summed E-state index contributed by atoms with van der Waals surface area (Å²) in [4.78, 5) is 18.2. The van der Waals surface area contributed by atoms with Crippen LogP contribution in [0.25, 0.3) is 0 Å². The molecule has 0 aliphatic heterocycles. The summed E-state index contributed by atoms with van der Waals surface area (Å²) in [5, 5.41) is -0.322. The zero-order chi connectivity index (χ0) is 10.9. The smallest absolute Gasteiger partial charge is 0.253 e. The number of nitrogens with zero attached hydrogens (tertiary/aromatic N) is 2. The molecule has 1 heterocycles. The Labute approximate surface area is 81.1 Å². The molecule has 1 aromatic heterocycles.